The van der Waals surface area contributed by atoms with Gasteiger partial charge in [-0.1, -0.05) is 12.1 Å². The minimum atomic E-state index is -0.850. The van der Waals surface area contributed by atoms with Crippen LogP contribution in [0.25, 0.3) is 0 Å². The van der Waals surface area contributed by atoms with Crippen LogP contribution in [0.5, 0.6) is 5.75 Å². The molecule has 2 nitrogen and oxygen atoms in total. The number of fused-ring (bicyclic) bond motifs is 1. The molecule has 4 heteroatoms. The van der Waals surface area contributed by atoms with Gasteiger partial charge in [-0.25, -0.2) is 8.78 Å². The Bertz CT molecular complexity index is 670. The van der Waals surface area contributed by atoms with Crippen LogP contribution in [0.3, 0.4) is 0 Å². The van der Waals surface area contributed by atoms with E-state index in [0.29, 0.717) is 12.1 Å². The lowest BCUT2D eigenvalue weighted by Crippen LogP contribution is -2.24. The van der Waals surface area contributed by atoms with Gasteiger partial charge < -0.3 is 10.1 Å². The molecule has 2 aromatic carbocycles. The van der Waals surface area contributed by atoms with Gasteiger partial charge in [0.2, 0.25) is 0 Å². The zero-order chi connectivity index (χ0) is 14.3. The normalized spacial score (nSPS) is 17.1. The van der Waals surface area contributed by atoms with Gasteiger partial charge in [-0.05, 0) is 48.7 Å². The van der Waals surface area contributed by atoms with E-state index in [4.69, 9.17) is 4.74 Å². The van der Waals surface area contributed by atoms with Crippen LogP contribution >= 0.6 is 0 Å². The molecule has 3 rings (SSSR count). The Morgan fingerprint density at radius 2 is 1.90 bits per heavy atom. The van der Waals surface area contributed by atoms with Crippen molar-refractivity contribution < 1.29 is 13.5 Å². The van der Waals surface area contributed by atoms with E-state index in [1.807, 2.05) is 26.0 Å². The Labute approximate surface area is 116 Å². The van der Waals surface area contributed by atoms with E-state index < -0.39 is 11.6 Å². The number of halogens is 2. The van der Waals surface area contributed by atoms with E-state index in [2.05, 4.69) is 5.32 Å². The maximum Gasteiger partial charge on any atom is 0.159 e. The molecule has 1 unspecified atom stereocenters. The monoisotopic (exact) mass is 275 g/mol. The Morgan fingerprint density at radius 3 is 2.65 bits per heavy atom. The van der Waals surface area contributed by atoms with Crippen LogP contribution in [-0.2, 0) is 0 Å². The Kier molecular flexibility index (Phi) is 3.08. The first kappa shape index (κ1) is 12.9. The number of rotatable bonds is 1. The molecular weight excluding hydrogens is 260 g/mol. The van der Waals surface area contributed by atoms with Gasteiger partial charge in [0.15, 0.2) is 11.6 Å². The topological polar surface area (TPSA) is 21.3 Å². The Hall–Kier alpha value is -2.10. The van der Waals surface area contributed by atoms with Crippen molar-refractivity contribution in [2.75, 3.05) is 11.9 Å². The average molecular weight is 275 g/mol. The molecule has 1 heterocycles. The third-order valence-corrected chi connectivity index (χ3v) is 3.47. The maximum atomic E-state index is 13.3. The molecule has 0 aliphatic carbocycles. The molecule has 1 aliphatic heterocycles. The largest absolute Gasteiger partial charge is 0.481 e. The molecule has 0 aromatic heterocycles. The van der Waals surface area contributed by atoms with E-state index in [-0.39, 0.29) is 6.10 Å². The first-order valence-electron chi connectivity index (χ1n) is 6.51. The van der Waals surface area contributed by atoms with E-state index >= 15 is 0 Å². The third kappa shape index (κ3) is 2.22. The van der Waals surface area contributed by atoms with Gasteiger partial charge >= 0.3 is 0 Å². The lowest BCUT2D eigenvalue weighted by atomic mass is 10.0. The lowest BCUT2D eigenvalue weighted by molar-refractivity contribution is 0.208. The van der Waals surface area contributed by atoms with Crippen molar-refractivity contribution in [3.63, 3.8) is 0 Å². The minimum Gasteiger partial charge on any atom is -0.481 e. The summed E-state index contributed by atoms with van der Waals surface area (Å²) in [4.78, 5) is 0. The maximum absolute atomic E-state index is 13.3. The third-order valence-electron chi connectivity index (χ3n) is 3.47. The molecule has 104 valence electrons. The highest BCUT2D eigenvalue weighted by Crippen LogP contribution is 2.37. The molecule has 0 saturated heterocycles. The van der Waals surface area contributed by atoms with Crippen molar-refractivity contribution in [3.05, 3.63) is 58.7 Å². The molecular formula is C16H15F2NO. The zero-order valence-electron chi connectivity index (χ0n) is 11.3. The van der Waals surface area contributed by atoms with Crippen LogP contribution < -0.4 is 10.1 Å². The smallest absolute Gasteiger partial charge is 0.159 e. The van der Waals surface area contributed by atoms with Crippen molar-refractivity contribution >= 4 is 5.69 Å². The minimum absolute atomic E-state index is 0.320. The second-order valence-corrected chi connectivity index (χ2v) is 5.12. The molecule has 1 N–H and O–H groups in total. The molecule has 1 aliphatic rings. The van der Waals surface area contributed by atoms with E-state index in [0.717, 1.165) is 28.6 Å². The van der Waals surface area contributed by atoms with Crippen LogP contribution in [0.4, 0.5) is 14.5 Å². The summed E-state index contributed by atoms with van der Waals surface area (Å²) < 4.78 is 32.2. The molecule has 0 bridgehead atoms. The molecule has 0 amide bonds. The van der Waals surface area contributed by atoms with Crippen molar-refractivity contribution in [1.29, 1.82) is 0 Å². The summed E-state index contributed by atoms with van der Waals surface area (Å²) in [6.45, 7) is 4.53. The summed E-state index contributed by atoms with van der Waals surface area (Å²) >= 11 is 0. The van der Waals surface area contributed by atoms with Gasteiger partial charge in [0.1, 0.15) is 11.9 Å². The molecule has 0 spiro atoms. The molecule has 0 fully saturated rings. The summed E-state index contributed by atoms with van der Waals surface area (Å²) in [5.74, 6) is -0.918. The Morgan fingerprint density at radius 1 is 1.10 bits per heavy atom. The molecule has 20 heavy (non-hydrogen) atoms. The first-order valence-corrected chi connectivity index (χ1v) is 6.51. The van der Waals surface area contributed by atoms with Crippen molar-refractivity contribution in [2.24, 2.45) is 0 Å². The summed E-state index contributed by atoms with van der Waals surface area (Å²) in [7, 11) is 0. The number of benzene rings is 2. The van der Waals surface area contributed by atoms with Gasteiger partial charge in [-0.3, -0.25) is 0 Å². The van der Waals surface area contributed by atoms with Crippen LogP contribution in [0, 0.1) is 25.5 Å². The fourth-order valence-corrected chi connectivity index (χ4v) is 2.53. The summed E-state index contributed by atoms with van der Waals surface area (Å²) in [5, 5.41) is 3.29. The highest BCUT2D eigenvalue weighted by Gasteiger charge is 2.23. The Balaban J connectivity index is 1.93. The summed E-state index contributed by atoms with van der Waals surface area (Å²) in [6.07, 6.45) is -0.320. The van der Waals surface area contributed by atoms with E-state index in [1.165, 1.54) is 6.07 Å². The average Bonchev–Trinajstić information content (AvgIpc) is 2.41. The fraction of sp³-hybridized carbons (Fsp3) is 0.250. The van der Waals surface area contributed by atoms with Gasteiger partial charge in [0.05, 0.1) is 12.2 Å². The van der Waals surface area contributed by atoms with Gasteiger partial charge in [-0.15, -0.1) is 0 Å². The van der Waals surface area contributed by atoms with Gasteiger partial charge in [-0.2, -0.15) is 0 Å². The number of nitrogens with one attached hydrogen (secondary N) is 1. The fourth-order valence-electron chi connectivity index (χ4n) is 2.53. The van der Waals surface area contributed by atoms with Crippen LogP contribution in [0.15, 0.2) is 30.3 Å². The summed E-state index contributed by atoms with van der Waals surface area (Å²) in [5.41, 5.74) is 3.76. The van der Waals surface area contributed by atoms with Crippen LogP contribution in [0.1, 0.15) is 22.8 Å². The van der Waals surface area contributed by atoms with E-state index in [9.17, 15) is 8.78 Å². The highest BCUT2D eigenvalue weighted by molar-refractivity contribution is 5.63. The highest BCUT2D eigenvalue weighted by atomic mass is 19.2. The van der Waals surface area contributed by atoms with Crippen LogP contribution in [-0.4, -0.2) is 6.54 Å². The quantitative estimate of drug-likeness (QED) is 0.845. The van der Waals surface area contributed by atoms with E-state index in [1.54, 1.807) is 6.07 Å². The number of ether oxygens (including phenoxy) is 1. The van der Waals surface area contributed by atoms with Crippen molar-refractivity contribution in [2.45, 2.75) is 20.0 Å². The predicted molar refractivity (Wildman–Crippen MR) is 74.1 cm³/mol. The van der Waals surface area contributed by atoms with Crippen molar-refractivity contribution in [3.8, 4) is 5.75 Å². The number of hydrogen-bond donors (Lipinski definition) is 1. The van der Waals surface area contributed by atoms with Gasteiger partial charge in [0, 0.05) is 0 Å². The second-order valence-electron chi connectivity index (χ2n) is 5.12. The first-order chi connectivity index (χ1) is 9.54. The number of aryl methyl sites for hydroxylation is 2. The van der Waals surface area contributed by atoms with Crippen molar-refractivity contribution in [1.82, 2.24) is 0 Å². The second kappa shape index (κ2) is 4.78. The molecule has 0 radical (unpaired) electrons. The number of hydrogen-bond acceptors (Lipinski definition) is 2. The SMILES string of the molecule is Cc1cc(C)c2c(c1)NCC(c1ccc(F)c(F)c1)O2. The summed E-state index contributed by atoms with van der Waals surface area (Å²) in [6, 6.07) is 7.93. The van der Waals surface area contributed by atoms with Gasteiger partial charge in [0.25, 0.3) is 0 Å². The molecule has 2 aromatic rings. The molecule has 1 atom stereocenters. The lowest BCUT2D eigenvalue weighted by Gasteiger charge is -2.29. The van der Waals surface area contributed by atoms with Crippen LogP contribution in [0.2, 0.25) is 0 Å². The predicted octanol–water partition coefficient (Wildman–Crippen LogP) is 4.13. The molecule has 0 saturated carbocycles. The standard InChI is InChI=1S/C16H15F2NO/c1-9-5-10(2)16-14(6-9)19-8-15(20-16)11-3-4-12(17)13(18)7-11/h3-7,15,19H,8H2,1-2H3. The number of anilines is 1. The zero-order valence-corrected chi connectivity index (χ0v) is 11.3.